The Labute approximate surface area is 113 Å². The molecule has 1 fully saturated rings. The van der Waals surface area contributed by atoms with Crippen LogP contribution in [0.5, 0.6) is 0 Å². The molecule has 0 aliphatic carbocycles. The molecule has 1 aromatic rings. The van der Waals surface area contributed by atoms with Gasteiger partial charge >= 0.3 is 0 Å². The average Bonchev–Trinajstić information content (AvgIpc) is 2.61. The Morgan fingerprint density at radius 1 is 1.44 bits per heavy atom. The van der Waals surface area contributed by atoms with Crippen LogP contribution in [-0.4, -0.2) is 26.0 Å². The first-order chi connectivity index (χ1) is 8.49. The van der Waals surface area contributed by atoms with Crippen LogP contribution < -0.4 is 5.32 Å². The van der Waals surface area contributed by atoms with Crippen molar-refractivity contribution in [3.8, 4) is 0 Å². The Hall–Kier alpha value is -0.580. The van der Waals surface area contributed by atoms with E-state index in [0.717, 1.165) is 29.0 Å². The predicted octanol–water partition coefficient (Wildman–Crippen LogP) is 2.32. The maximum atomic E-state index is 11.7. The molecular weight excluding hydrogens is 270 g/mol. The molecule has 0 amide bonds. The van der Waals surface area contributed by atoms with E-state index in [1.54, 1.807) is 0 Å². The normalized spacial score (nSPS) is 22.2. The van der Waals surface area contributed by atoms with Gasteiger partial charge in [-0.15, -0.1) is 0 Å². The van der Waals surface area contributed by atoms with Gasteiger partial charge in [0.15, 0.2) is 9.84 Å². The van der Waals surface area contributed by atoms with Gasteiger partial charge in [0.2, 0.25) is 0 Å². The smallest absolute Gasteiger partial charge is 0.154 e. The van der Waals surface area contributed by atoms with Crippen molar-refractivity contribution in [2.24, 2.45) is 0 Å². The summed E-state index contributed by atoms with van der Waals surface area (Å²) in [6.45, 7) is 3.24. The van der Waals surface area contributed by atoms with Crippen LogP contribution in [-0.2, 0) is 16.4 Å². The molecule has 1 N–H and O–H groups in total. The van der Waals surface area contributed by atoms with Gasteiger partial charge in [0.1, 0.15) is 0 Å². The molecule has 1 saturated heterocycles. The Morgan fingerprint density at radius 2 is 2.22 bits per heavy atom. The van der Waals surface area contributed by atoms with E-state index in [9.17, 15) is 8.42 Å². The van der Waals surface area contributed by atoms with Crippen LogP contribution in [0.25, 0.3) is 0 Å². The minimum absolute atomic E-state index is 0.204. The molecule has 18 heavy (non-hydrogen) atoms. The average molecular weight is 288 g/mol. The van der Waals surface area contributed by atoms with Crippen molar-refractivity contribution in [2.75, 3.05) is 12.3 Å². The molecule has 0 aromatic heterocycles. The third kappa shape index (κ3) is 3.25. The zero-order valence-corrected chi connectivity index (χ0v) is 12.0. The van der Waals surface area contributed by atoms with E-state index >= 15 is 0 Å². The first-order valence-electron chi connectivity index (χ1n) is 6.16. The Morgan fingerprint density at radius 3 is 2.83 bits per heavy atom. The summed E-state index contributed by atoms with van der Waals surface area (Å²) in [5, 5.41) is 3.76. The first kappa shape index (κ1) is 13.8. The SMILES string of the molecule is Cc1cc(Cl)ccc1CNCC1CCCS1(=O)=O. The highest BCUT2D eigenvalue weighted by atomic mass is 35.5. The monoisotopic (exact) mass is 287 g/mol. The molecule has 1 heterocycles. The fraction of sp³-hybridized carbons (Fsp3) is 0.538. The minimum Gasteiger partial charge on any atom is -0.311 e. The quantitative estimate of drug-likeness (QED) is 0.924. The maximum absolute atomic E-state index is 11.7. The van der Waals surface area contributed by atoms with Crippen molar-refractivity contribution in [3.63, 3.8) is 0 Å². The molecule has 1 atom stereocenters. The van der Waals surface area contributed by atoms with Gasteiger partial charge in [-0.1, -0.05) is 17.7 Å². The Kier molecular flexibility index (Phi) is 4.30. The fourth-order valence-electron chi connectivity index (χ4n) is 2.31. The van der Waals surface area contributed by atoms with Crippen LogP contribution >= 0.6 is 11.6 Å². The summed E-state index contributed by atoms with van der Waals surface area (Å²) in [4.78, 5) is 0. The molecule has 3 nitrogen and oxygen atoms in total. The fourth-order valence-corrected chi connectivity index (χ4v) is 4.34. The van der Waals surface area contributed by atoms with Crippen molar-refractivity contribution in [2.45, 2.75) is 31.6 Å². The molecule has 100 valence electrons. The van der Waals surface area contributed by atoms with Crippen molar-refractivity contribution >= 4 is 21.4 Å². The predicted molar refractivity (Wildman–Crippen MR) is 74.7 cm³/mol. The second-order valence-corrected chi connectivity index (χ2v) is 7.67. The van der Waals surface area contributed by atoms with Crippen LogP contribution in [0.2, 0.25) is 5.02 Å². The zero-order valence-electron chi connectivity index (χ0n) is 10.4. The highest BCUT2D eigenvalue weighted by molar-refractivity contribution is 7.92. The Balaban J connectivity index is 1.89. The first-order valence-corrected chi connectivity index (χ1v) is 8.26. The maximum Gasteiger partial charge on any atom is 0.154 e. The van der Waals surface area contributed by atoms with E-state index in [1.165, 1.54) is 0 Å². The number of sulfone groups is 1. The molecule has 1 aliphatic rings. The number of aryl methyl sites for hydroxylation is 1. The third-order valence-electron chi connectivity index (χ3n) is 3.45. The van der Waals surface area contributed by atoms with E-state index in [1.807, 2.05) is 25.1 Å². The summed E-state index contributed by atoms with van der Waals surface area (Å²) >= 11 is 5.89. The molecular formula is C13H18ClNO2S. The number of hydrogen-bond donors (Lipinski definition) is 1. The van der Waals surface area contributed by atoms with E-state index in [2.05, 4.69) is 5.32 Å². The number of rotatable bonds is 4. The lowest BCUT2D eigenvalue weighted by atomic mass is 10.1. The molecule has 0 radical (unpaired) electrons. The van der Waals surface area contributed by atoms with Gasteiger partial charge in [-0.2, -0.15) is 0 Å². The molecule has 0 spiro atoms. The summed E-state index contributed by atoms with van der Waals surface area (Å²) in [5.41, 5.74) is 2.29. The van der Waals surface area contributed by atoms with Gasteiger partial charge < -0.3 is 5.32 Å². The van der Waals surface area contributed by atoms with Gasteiger partial charge in [0.25, 0.3) is 0 Å². The molecule has 0 bridgehead atoms. The van der Waals surface area contributed by atoms with Crippen LogP contribution in [0.4, 0.5) is 0 Å². The largest absolute Gasteiger partial charge is 0.311 e. The summed E-state index contributed by atoms with van der Waals surface area (Å²) in [6.07, 6.45) is 1.59. The van der Waals surface area contributed by atoms with Crippen LogP contribution in [0, 0.1) is 6.92 Å². The van der Waals surface area contributed by atoms with Gasteiger partial charge in [-0.3, -0.25) is 0 Å². The molecule has 1 unspecified atom stereocenters. The number of nitrogens with one attached hydrogen (secondary N) is 1. The molecule has 2 rings (SSSR count). The number of hydrogen-bond acceptors (Lipinski definition) is 3. The van der Waals surface area contributed by atoms with E-state index in [-0.39, 0.29) is 5.25 Å². The van der Waals surface area contributed by atoms with Gasteiger partial charge in [-0.05, 0) is 43.0 Å². The van der Waals surface area contributed by atoms with Gasteiger partial charge in [0.05, 0.1) is 11.0 Å². The summed E-state index contributed by atoms with van der Waals surface area (Å²) in [6, 6.07) is 5.76. The van der Waals surface area contributed by atoms with Crippen LogP contribution in [0.3, 0.4) is 0 Å². The van der Waals surface area contributed by atoms with E-state index in [4.69, 9.17) is 11.6 Å². The number of benzene rings is 1. The van der Waals surface area contributed by atoms with Crippen molar-refractivity contribution < 1.29 is 8.42 Å². The topological polar surface area (TPSA) is 46.2 Å². The Bertz CT molecular complexity index is 528. The molecule has 1 aliphatic heterocycles. The lowest BCUT2D eigenvalue weighted by Crippen LogP contribution is -2.30. The lowest BCUT2D eigenvalue weighted by molar-refractivity contribution is 0.573. The highest BCUT2D eigenvalue weighted by Crippen LogP contribution is 2.19. The summed E-state index contributed by atoms with van der Waals surface area (Å²) < 4.78 is 23.3. The third-order valence-corrected chi connectivity index (χ3v) is 5.97. The highest BCUT2D eigenvalue weighted by Gasteiger charge is 2.30. The second-order valence-electron chi connectivity index (χ2n) is 4.83. The van der Waals surface area contributed by atoms with Gasteiger partial charge in [0, 0.05) is 18.1 Å². The van der Waals surface area contributed by atoms with E-state index < -0.39 is 9.84 Å². The lowest BCUT2D eigenvalue weighted by Gasteiger charge is -2.12. The second kappa shape index (κ2) is 5.59. The van der Waals surface area contributed by atoms with Crippen molar-refractivity contribution in [3.05, 3.63) is 34.3 Å². The van der Waals surface area contributed by atoms with Crippen LogP contribution in [0.1, 0.15) is 24.0 Å². The zero-order chi connectivity index (χ0) is 13.2. The van der Waals surface area contributed by atoms with Gasteiger partial charge in [-0.25, -0.2) is 8.42 Å². The molecule has 5 heteroatoms. The van der Waals surface area contributed by atoms with Crippen LogP contribution in [0.15, 0.2) is 18.2 Å². The number of halogens is 1. The molecule has 0 saturated carbocycles. The van der Waals surface area contributed by atoms with E-state index in [0.29, 0.717) is 18.8 Å². The minimum atomic E-state index is -2.84. The summed E-state index contributed by atoms with van der Waals surface area (Å²) in [5.74, 6) is 0.347. The van der Waals surface area contributed by atoms with Crippen molar-refractivity contribution in [1.82, 2.24) is 5.32 Å². The standard InChI is InChI=1S/C13H18ClNO2S/c1-10-7-12(14)5-4-11(10)8-15-9-13-3-2-6-18(13,16)17/h4-5,7,13,15H,2-3,6,8-9H2,1H3. The molecule has 1 aromatic carbocycles. The summed E-state index contributed by atoms with van der Waals surface area (Å²) in [7, 11) is -2.84. The van der Waals surface area contributed by atoms with Crippen molar-refractivity contribution in [1.29, 1.82) is 0 Å².